The van der Waals surface area contributed by atoms with Crippen molar-refractivity contribution in [3.63, 3.8) is 0 Å². The molecule has 0 spiro atoms. The van der Waals surface area contributed by atoms with E-state index in [1.165, 1.54) is 36.4 Å². The second-order valence-corrected chi connectivity index (χ2v) is 6.33. The van der Waals surface area contributed by atoms with Crippen molar-refractivity contribution in [3.8, 4) is 5.75 Å². The van der Waals surface area contributed by atoms with E-state index in [1.807, 2.05) is 5.32 Å². The van der Waals surface area contributed by atoms with E-state index in [1.54, 1.807) is 12.1 Å². The number of ether oxygens (including phenoxy) is 2. The number of amides is 1. The Labute approximate surface area is 193 Å². The Morgan fingerprint density at radius 1 is 0.970 bits per heavy atom. The molecule has 0 radical (unpaired) electrons. The molecule has 1 atom stereocenters. The molecule has 0 aliphatic rings. The number of nitrogens with one attached hydrogen (secondary N) is 1. The molecular formula is C20H21ClN4O8. The van der Waals surface area contributed by atoms with Gasteiger partial charge in [0.2, 0.25) is 0 Å². The lowest BCUT2D eigenvalue weighted by atomic mass is 10.2. The van der Waals surface area contributed by atoms with Crippen LogP contribution >= 0.6 is 12.4 Å². The van der Waals surface area contributed by atoms with Gasteiger partial charge in [0, 0.05) is 0 Å². The number of carboxylic acids is 2. The molecule has 0 fully saturated rings. The minimum absolute atomic E-state index is 0. The molecule has 13 heteroatoms. The standard InChI is InChI=1S/C20H20N4O8.ClH/c21-19(22)23-13-5-3-12(4-6-13)18(29)32-14-7-1-11(2-8-14)10-31-20(30)24-15(17(27)28)9-16(25)26;/h1-8,15H,9-10H2,(H,24,30)(H,25,26)(H,27,28)(H4,21,22,23);1H/t15-;/m0./s1. The van der Waals surface area contributed by atoms with E-state index >= 15 is 0 Å². The number of hydrogen-bond acceptors (Lipinski definition) is 7. The minimum Gasteiger partial charge on any atom is -0.481 e. The Bertz CT molecular complexity index is 1020. The number of hydrogen-bond donors (Lipinski definition) is 5. The maximum absolute atomic E-state index is 12.2. The highest BCUT2D eigenvalue weighted by Gasteiger charge is 2.23. The second-order valence-electron chi connectivity index (χ2n) is 6.33. The number of aliphatic imine (C=N–C) groups is 1. The molecule has 12 nitrogen and oxygen atoms in total. The van der Waals surface area contributed by atoms with E-state index in [2.05, 4.69) is 4.99 Å². The Hall–Kier alpha value is -4.32. The third-order valence-electron chi connectivity index (χ3n) is 3.83. The van der Waals surface area contributed by atoms with Crippen LogP contribution in [0, 0.1) is 0 Å². The van der Waals surface area contributed by atoms with E-state index in [0.29, 0.717) is 11.3 Å². The van der Waals surface area contributed by atoms with E-state index in [-0.39, 0.29) is 36.3 Å². The van der Waals surface area contributed by atoms with Gasteiger partial charge in [0.05, 0.1) is 17.7 Å². The number of esters is 1. The molecule has 33 heavy (non-hydrogen) atoms. The number of nitrogens with two attached hydrogens (primary N) is 2. The van der Waals surface area contributed by atoms with Crippen LogP contribution in [0.15, 0.2) is 53.5 Å². The van der Waals surface area contributed by atoms with Crippen LogP contribution in [0.4, 0.5) is 10.5 Å². The number of carbonyl (C=O) groups excluding carboxylic acids is 2. The van der Waals surface area contributed by atoms with Gasteiger partial charge in [-0.15, -0.1) is 12.4 Å². The third kappa shape index (κ3) is 9.14. The lowest BCUT2D eigenvalue weighted by Gasteiger charge is -2.12. The van der Waals surface area contributed by atoms with Gasteiger partial charge >= 0.3 is 24.0 Å². The van der Waals surface area contributed by atoms with Crippen LogP contribution < -0.4 is 21.5 Å². The van der Waals surface area contributed by atoms with Gasteiger partial charge in [-0.2, -0.15) is 0 Å². The molecule has 176 valence electrons. The maximum Gasteiger partial charge on any atom is 0.408 e. The van der Waals surface area contributed by atoms with Crippen LogP contribution in [-0.4, -0.2) is 46.2 Å². The summed E-state index contributed by atoms with van der Waals surface area (Å²) in [5.74, 6) is -3.36. The van der Waals surface area contributed by atoms with E-state index in [0.717, 1.165) is 0 Å². The van der Waals surface area contributed by atoms with Crippen LogP contribution in [0.1, 0.15) is 22.3 Å². The third-order valence-corrected chi connectivity index (χ3v) is 3.83. The molecule has 1 amide bonds. The second kappa shape index (κ2) is 12.5. The first-order chi connectivity index (χ1) is 15.1. The van der Waals surface area contributed by atoms with Gasteiger partial charge in [0.25, 0.3) is 0 Å². The van der Waals surface area contributed by atoms with Gasteiger partial charge in [-0.3, -0.25) is 4.79 Å². The summed E-state index contributed by atoms with van der Waals surface area (Å²) in [4.78, 5) is 49.3. The first-order valence-corrected chi connectivity index (χ1v) is 9.02. The normalized spacial score (nSPS) is 10.7. The van der Waals surface area contributed by atoms with Gasteiger partial charge in [0.1, 0.15) is 18.4 Å². The van der Waals surface area contributed by atoms with Crippen molar-refractivity contribution in [2.24, 2.45) is 16.5 Å². The average molecular weight is 481 g/mol. The number of guanidine groups is 1. The molecule has 0 aliphatic heterocycles. The molecule has 0 saturated heterocycles. The van der Waals surface area contributed by atoms with Crippen molar-refractivity contribution in [1.82, 2.24) is 5.32 Å². The number of benzene rings is 2. The van der Waals surface area contributed by atoms with E-state index in [9.17, 15) is 19.2 Å². The highest BCUT2D eigenvalue weighted by atomic mass is 35.5. The van der Waals surface area contributed by atoms with Gasteiger partial charge < -0.3 is 36.5 Å². The van der Waals surface area contributed by atoms with Crippen molar-refractivity contribution >= 4 is 48.1 Å². The minimum atomic E-state index is -1.62. The molecule has 7 N–H and O–H groups in total. The number of carboxylic acid groups (broad SMARTS) is 2. The summed E-state index contributed by atoms with van der Waals surface area (Å²) in [7, 11) is 0. The summed E-state index contributed by atoms with van der Waals surface area (Å²) in [5, 5.41) is 19.5. The van der Waals surface area contributed by atoms with Gasteiger partial charge in [0.15, 0.2) is 5.96 Å². The lowest BCUT2D eigenvalue weighted by molar-refractivity contribution is -0.145. The molecule has 0 aromatic heterocycles. The van der Waals surface area contributed by atoms with Crippen LogP contribution in [0.2, 0.25) is 0 Å². The van der Waals surface area contributed by atoms with Gasteiger partial charge in [-0.05, 0) is 42.0 Å². The topological polar surface area (TPSA) is 204 Å². The Morgan fingerprint density at radius 2 is 1.58 bits per heavy atom. The molecule has 2 aromatic rings. The van der Waals surface area contributed by atoms with E-state index in [4.69, 9.17) is 31.2 Å². The van der Waals surface area contributed by atoms with Crippen LogP contribution in [0.25, 0.3) is 0 Å². The van der Waals surface area contributed by atoms with Crippen molar-refractivity contribution in [2.75, 3.05) is 0 Å². The smallest absolute Gasteiger partial charge is 0.408 e. The quantitative estimate of drug-likeness (QED) is 0.151. The fourth-order valence-electron chi connectivity index (χ4n) is 2.35. The molecule has 0 heterocycles. The summed E-state index contributed by atoms with van der Waals surface area (Å²) >= 11 is 0. The fraction of sp³-hybridized carbons (Fsp3) is 0.150. The SMILES string of the molecule is Cl.NC(N)=Nc1ccc(C(=O)Oc2ccc(COC(=O)N[C@@H](CC(=O)O)C(=O)O)cc2)cc1. The largest absolute Gasteiger partial charge is 0.481 e. The molecule has 0 unspecified atom stereocenters. The van der Waals surface area contributed by atoms with Crippen LogP contribution in [0.5, 0.6) is 5.75 Å². The summed E-state index contributed by atoms with van der Waals surface area (Å²) in [5.41, 5.74) is 11.8. The van der Waals surface area contributed by atoms with Gasteiger partial charge in [-0.25, -0.2) is 19.4 Å². The summed E-state index contributed by atoms with van der Waals surface area (Å²) < 4.78 is 10.1. The molecule has 2 rings (SSSR count). The van der Waals surface area contributed by atoms with Crippen molar-refractivity contribution in [3.05, 3.63) is 59.7 Å². The van der Waals surface area contributed by atoms with Crippen molar-refractivity contribution < 1.29 is 38.9 Å². The predicted molar refractivity (Wildman–Crippen MR) is 118 cm³/mol. The number of carbonyl (C=O) groups is 4. The Morgan fingerprint density at radius 3 is 2.09 bits per heavy atom. The first kappa shape index (κ1) is 26.7. The van der Waals surface area contributed by atoms with Crippen LogP contribution in [-0.2, 0) is 20.9 Å². The average Bonchev–Trinajstić information content (AvgIpc) is 2.72. The summed E-state index contributed by atoms with van der Waals surface area (Å²) in [6, 6.07) is 10.5. The zero-order chi connectivity index (χ0) is 23.7. The summed E-state index contributed by atoms with van der Waals surface area (Å²) in [6.07, 6.45) is -1.88. The summed E-state index contributed by atoms with van der Waals surface area (Å²) in [6.45, 7) is -0.217. The Kier molecular flexibility index (Phi) is 10.1. The highest BCUT2D eigenvalue weighted by molar-refractivity contribution is 5.91. The highest BCUT2D eigenvalue weighted by Crippen LogP contribution is 2.17. The zero-order valence-corrected chi connectivity index (χ0v) is 17.8. The number of halogens is 1. The molecule has 0 bridgehead atoms. The number of nitrogens with zero attached hydrogens (tertiary/aromatic N) is 1. The Balaban J connectivity index is 0.00000544. The number of rotatable bonds is 9. The molecule has 0 saturated carbocycles. The lowest BCUT2D eigenvalue weighted by Crippen LogP contribution is -2.42. The fourth-order valence-corrected chi connectivity index (χ4v) is 2.35. The molecular weight excluding hydrogens is 460 g/mol. The molecule has 2 aromatic carbocycles. The van der Waals surface area contributed by atoms with Crippen LogP contribution in [0.3, 0.4) is 0 Å². The van der Waals surface area contributed by atoms with Gasteiger partial charge in [-0.1, -0.05) is 12.1 Å². The van der Waals surface area contributed by atoms with E-state index < -0.39 is 36.5 Å². The first-order valence-electron chi connectivity index (χ1n) is 9.02. The van der Waals surface area contributed by atoms with Crippen molar-refractivity contribution in [1.29, 1.82) is 0 Å². The zero-order valence-electron chi connectivity index (χ0n) is 17.0. The monoisotopic (exact) mass is 480 g/mol. The number of aliphatic carboxylic acids is 2. The molecule has 0 aliphatic carbocycles. The predicted octanol–water partition coefficient (Wildman–Crippen LogP) is 1.39. The number of alkyl carbamates (subject to hydrolysis) is 1. The maximum atomic E-state index is 12.2. The van der Waals surface area contributed by atoms with Crippen molar-refractivity contribution in [2.45, 2.75) is 19.1 Å².